The Morgan fingerprint density at radius 3 is 1.30 bits per heavy atom. The first kappa shape index (κ1) is 43.5. The summed E-state index contributed by atoms with van der Waals surface area (Å²) in [5.41, 5.74) is 14.5. The van der Waals surface area contributed by atoms with E-state index >= 15 is 0 Å². The first-order valence-corrected chi connectivity index (χ1v) is 26.9. The van der Waals surface area contributed by atoms with Crippen molar-refractivity contribution in [2.24, 2.45) is 0 Å². The predicted octanol–water partition coefficient (Wildman–Crippen LogP) is 20.4. The monoisotopic (exact) mass is 976 g/mol. The molecule has 0 bridgehead atoms. The zero-order valence-corrected chi connectivity index (χ0v) is 42.2. The summed E-state index contributed by atoms with van der Waals surface area (Å²) in [7, 11) is 0. The third kappa shape index (κ3) is 6.79. The smallest absolute Gasteiger partial charge is 0.145 e. The van der Waals surface area contributed by atoms with Gasteiger partial charge >= 0.3 is 0 Å². The molecule has 0 fully saturated rings. The number of fused-ring (bicyclic) bond motifs is 9. The fourth-order valence-corrected chi connectivity index (χ4v) is 13.2. The Hall–Kier alpha value is -9.89. The molecule has 0 unspecified atom stereocenters. The maximum Gasteiger partial charge on any atom is 0.145 e. The number of nitrogens with zero attached hydrogens (tertiary/aromatic N) is 2. The van der Waals surface area contributed by atoms with Crippen LogP contribution < -0.4 is 0 Å². The summed E-state index contributed by atoms with van der Waals surface area (Å²) in [5.74, 6) is 0.979. The van der Waals surface area contributed by atoms with Crippen LogP contribution in [0.4, 0.5) is 0 Å². The molecule has 77 heavy (non-hydrogen) atoms. The molecule has 1 aliphatic rings. The first-order chi connectivity index (χ1) is 38.2. The molecule has 358 valence electrons. The average Bonchev–Trinajstić information content (AvgIpc) is 3.97. The second-order valence-electron chi connectivity index (χ2n) is 20.8. The number of hydrogen-bond donors (Lipinski definition) is 0. The van der Waals surface area contributed by atoms with Crippen molar-refractivity contribution in [2.45, 2.75) is 12.8 Å². The lowest BCUT2D eigenvalue weighted by molar-refractivity contribution is 0.937. The second-order valence-corrected chi connectivity index (χ2v) is 20.8. The highest BCUT2D eigenvalue weighted by Gasteiger charge is 2.24. The van der Waals surface area contributed by atoms with Crippen LogP contribution in [0.2, 0.25) is 0 Å². The Morgan fingerprint density at radius 2 is 0.714 bits per heavy atom. The normalized spacial score (nSPS) is 12.5. The van der Waals surface area contributed by atoms with Gasteiger partial charge in [-0.25, -0.2) is 4.98 Å². The zero-order chi connectivity index (χ0) is 50.6. The van der Waals surface area contributed by atoms with E-state index in [1.54, 1.807) is 0 Å². The van der Waals surface area contributed by atoms with Gasteiger partial charge in [0.15, 0.2) is 0 Å². The maximum absolute atomic E-state index is 5.38. The maximum atomic E-state index is 5.38. The van der Waals surface area contributed by atoms with E-state index in [0.29, 0.717) is 0 Å². The molecule has 0 saturated carbocycles. The summed E-state index contributed by atoms with van der Waals surface area (Å²) in [6.45, 7) is 0. The summed E-state index contributed by atoms with van der Waals surface area (Å²) in [6.07, 6.45) is 6.49. The number of rotatable bonds is 6. The molecule has 1 heterocycles. The van der Waals surface area contributed by atoms with Gasteiger partial charge in [-0.2, -0.15) is 0 Å². The molecular weight excluding hydrogens is 929 g/mol. The van der Waals surface area contributed by atoms with Gasteiger partial charge in [0.1, 0.15) is 5.82 Å². The molecule has 0 N–H and O–H groups in total. The molecule has 14 aromatic carbocycles. The van der Waals surface area contributed by atoms with E-state index < -0.39 is 0 Å². The quantitative estimate of drug-likeness (QED) is 0.152. The van der Waals surface area contributed by atoms with Crippen molar-refractivity contribution in [1.82, 2.24) is 9.55 Å². The Labute approximate surface area is 446 Å². The van der Waals surface area contributed by atoms with Crippen molar-refractivity contribution in [3.8, 4) is 61.6 Å². The summed E-state index contributed by atoms with van der Waals surface area (Å²) in [4.78, 5) is 5.38. The van der Waals surface area contributed by atoms with Crippen molar-refractivity contribution >= 4 is 92.3 Å². The van der Waals surface area contributed by atoms with Crippen LogP contribution >= 0.6 is 0 Å². The second kappa shape index (κ2) is 17.3. The van der Waals surface area contributed by atoms with Crippen molar-refractivity contribution in [1.29, 1.82) is 0 Å². The number of benzene rings is 14. The summed E-state index contributed by atoms with van der Waals surface area (Å²) in [6, 6.07) is 94.9. The van der Waals surface area contributed by atoms with Gasteiger partial charge in [0, 0.05) is 10.9 Å². The molecule has 0 saturated heterocycles. The molecule has 0 aliphatic heterocycles. The molecular formula is C75H48N2. The van der Waals surface area contributed by atoms with Gasteiger partial charge < -0.3 is 0 Å². The number of hydrogen-bond acceptors (Lipinski definition) is 1. The minimum absolute atomic E-state index is 0.936. The van der Waals surface area contributed by atoms with Crippen LogP contribution in [0.25, 0.3) is 154 Å². The van der Waals surface area contributed by atoms with Crippen molar-refractivity contribution in [3.05, 3.63) is 272 Å². The van der Waals surface area contributed by atoms with Crippen LogP contribution in [0.15, 0.2) is 261 Å². The van der Waals surface area contributed by atoms with E-state index in [-0.39, 0.29) is 0 Å². The zero-order valence-electron chi connectivity index (χ0n) is 42.2. The standard InChI is InChI=1S/C75H48N2/c1-4-24-55-47(18-1)21-15-33-58(55)73-64-31-11-12-32-65(64)74(59-34-16-22-48-19-2-5-25-56(48)59)67-46-53(42-43-66(67)73)72-62-29-9-7-27-60(62)71(61-28-8-10-30-63(61)72)52-40-38-51-45-54(41-39-50(51)44-52)75-76-68-35-13-14-36-70(68)77(75)69-37-17-23-49-20-3-6-26-57(49)69/h1-12,14-34,36-46H,13,35H2. The lowest BCUT2D eigenvalue weighted by Gasteiger charge is -2.22. The molecule has 0 atom stereocenters. The van der Waals surface area contributed by atoms with Gasteiger partial charge in [-0.3, -0.25) is 4.57 Å². The van der Waals surface area contributed by atoms with Crippen molar-refractivity contribution in [2.75, 3.05) is 0 Å². The van der Waals surface area contributed by atoms with Crippen LogP contribution in [0.5, 0.6) is 0 Å². The number of allylic oxidation sites excluding steroid dienone is 1. The van der Waals surface area contributed by atoms with Gasteiger partial charge in [0.2, 0.25) is 0 Å². The van der Waals surface area contributed by atoms with Crippen LogP contribution in [0, 0.1) is 0 Å². The lowest BCUT2D eigenvalue weighted by atomic mass is 9.81. The third-order valence-corrected chi connectivity index (χ3v) is 16.6. The van der Waals surface area contributed by atoms with Gasteiger partial charge in [-0.1, -0.05) is 237 Å². The summed E-state index contributed by atoms with van der Waals surface area (Å²) in [5, 5.41) is 19.7. The van der Waals surface area contributed by atoms with Gasteiger partial charge in [0.05, 0.1) is 17.1 Å². The highest BCUT2D eigenvalue weighted by Crippen LogP contribution is 2.50. The van der Waals surface area contributed by atoms with Gasteiger partial charge in [-0.05, 0) is 168 Å². The number of aromatic nitrogens is 2. The fourth-order valence-electron chi connectivity index (χ4n) is 13.2. The number of aryl methyl sites for hydroxylation is 1. The molecule has 0 spiro atoms. The van der Waals surface area contributed by atoms with E-state index in [9.17, 15) is 0 Å². The molecule has 2 heteroatoms. The Kier molecular flexibility index (Phi) is 9.80. The lowest BCUT2D eigenvalue weighted by Crippen LogP contribution is -2.02. The van der Waals surface area contributed by atoms with Crippen LogP contribution in [0.3, 0.4) is 0 Å². The minimum Gasteiger partial charge on any atom is -0.292 e. The molecule has 16 rings (SSSR count). The SMILES string of the molecule is C1=Cc2c(nc(-c3ccc4cc(-c5c6ccccc6c(-c6ccc7c(-c8cccc9ccccc89)c8ccccc8c(-c8cccc9ccccc89)c7c6)c6ccccc56)ccc4c3)n2-c2cccc3ccccc23)CC1. The van der Waals surface area contributed by atoms with Crippen LogP contribution in [-0.4, -0.2) is 9.55 Å². The van der Waals surface area contributed by atoms with Crippen molar-refractivity contribution < 1.29 is 0 Å². The molecule has 1 aromatic heterocycles. The van der Waals surface area contributed by atoms with E-state index in [0.717, 1.165) is 35.6 Å². The molecule has 0 amide bonds. The van der Waals surface area contributed by atoms with Crippen LogP contribution in [0.1, 0.15) is 17.8 Å². The van der Waals surface area contributed by atoms with E-state index in [1.165, 1.54) is 136 Å². The largest absolute Gasteiger partial charge is 0.292 e. The molecule has 15 aromatic rings. The van der Waals surface area contributed by atoms with E-state index in [1.807, 2.05) is 0 Å². The predicted molar refractivity (Wildman–Crippen MR) is 328 cm³/mol. The highest BCUT2D eigenvalue weighted by molar-refractivity contribution is 6.27. The third-order valence-electron chi connectivity index (χ3n) is 16.6. The number of imidazole rings is 1. The Bertz CT molecular complexity index is 4920. The highest BCUT2D eigenvalue weighted by atomic mass is 15.1. The molecule has 2 nitrogen and oxygen atoms in total. The van der Waals surface area contributed by atoms with Crippen LogP contribution in [-0.2, 0) is 6.42 Å². The first-order valence-electron chi connectivity index (χ1n) is 26.9. The Balaban J connectivity index is 0.901. The molecule has 0 radical (unpaired) electrons. The van der Waals surface area contributed by atoms with E-state index in [4.69, 9.17) is 4.98 Å². The average molecular weight is 977 g/mol. The van der Waals surface area contributed by atoms with Crippen molar-refractivity contribution in [3.63, 3.8) is 0 Å². The fraction of sp³-hybridized carbons (Fsp3) is 0.0267. The minimum atomic E-state index is 0.936. The van der Waals surface area contributed by atoms with Gasteiger partial charge in [-0.15, -0.1) is 0 Å². The summed E-state index contributed by atoms with van der Waals surface area (Å²) < 4.78 is 2.38. The Morgan fingerprint density at radius 1 is 0.299 bits per heavy atom. The van der Waals surface area contributed by atoms with Gasteiger partial charge in [0.25, 0.3) is 0 Å². The summed E-state index contributed by atoms with van der Waals surface area (Å²) >= 11 is 0. The molecule has 1 aliphatic carbocycles. The van der Waals surface area contributed by atoms with E-state index in [2.05, 4.69) is 272 Å². The topological polar surface area (TPSA) is 17.8 Å².